The fraction of sp³-hybridized carbons (Fsp3) is 0.357. The number of carbonyl (C=O) groups is 2. The molecule has 1 aliphatic rings. The Morgan fingerprint density at radius 3 is 2.90 bits per heavy atom. The Hall–Kier alpha value is -2.37. The molecular formula is C14H17N3O3. The number of carboxylic acid groups (broad SMARTS) is 1. The molecular weight excluding hydrogens is 258 g/mol. The van der Waals surface area contributed by atoms with Gasteiger partial charge in [0.2, 0.25) is 0 Å². The molecule has 6 heteroatoms. The molecule has 2 rings (SSSR count). The second kappa shape index (κ2) is 6.18. The van der Waals surface area contributed by atoms with Crippen LogP contribution in [0.2, 0.25) is 0 Å². The zero-order chi connectivity index (χ0) is 14.5. The van der Waals surface area contributed by atoms with Gasteiger partial charge in [-0.2, -0.15) is 0 Å². The first-order valence-electron chi connectivity index (χ1n) is 6.44. The minimum Gasteiger partial charge on any atom is -0.481 e. The molecule has 0 aliphatic carbocycles. The zero-order valence-corrected chi connectivity index (χ0v) is 11.1. The summed E-state index contributed by atoms with van der Waals surface area (Å²) in [6.07, 6.45) is 3.73. The number of nitrogens with zero attached hydrogens (tertiary/aromatic N) is 2. The van der Waals surface area contributed by atoms with Crippen LogP contribution in [0.5, 0.6) is 0 Å². The minimum atomic E-state index is -0.770. The predicted octanol–water partition coefficient (Wildman–Crippen LogP) is 0.908. The van der Waals surface area contributed by atoms with E-state index >= 15 is 0 Å². The highest BCUT2D eigenvalue weighted by molar-refractivity contribution is 5.94. The third kappa shape index (κ3) is 3.14. The summed E-state index contributed by atoms with van der Waals surface area (Å²) in [5.41, 5.74) is 0.476. The van der Waals surface area contributed by atoms with E-state index in [1.807, 2.05) is 4.90 Å². The maximum Gasteiger partial charge on any atom is 0.308 e. The molecule has 0 saturated carbocycles. The molecule has 1 atom stereocenters. The van der Waals surface area contributed by atoms with Gasteiger partial charge in [0, 0.05) is 25.8 Å². The highest BCUT2D eigenvalue weighted by atomic mass is 16.4. The summed E-state index contributed by atoms with van der Waals surface area (Å²) in [5.74, 6) is -0.608. The lowest BCUT2D eigenvalue weighted by atomic mass is 10.1. The highest BCUT2D eigenvalue weighted by Gasteiger charge is 2.28. The van der Waals surface area contributed by atoms with Crippen LogP contribution in [0.25, 0.3) is 0 Å². The van der Waals surface area contributed by atoms with Gasteiger partial charge in [-0.05, 0) is 18.6 Å². The number of hydrogen-bond acceptors (Lipinski definition) is 4. The van der Waals surface area contributed by atoms with Crippen molar-refractivity contribution in [2.75, 3.05) is 24.5 Å². The van der Waals surface area contributed by atoms with E-state index in [-0.39, 0.29) is 11.8 Å². The van der Waals surface area contributed by atoms with E-state index in [0.29, 0.717) is 37.4 Å². The Labute approximate surface area is 117 Å². The molecule has 1 saturated heterocycles. The molecule has 1 aliphatic heterocycles. The number of carboxylic acids is 1. The molecule has 1 aromatic heterocycles. The lowest BCUT2D eigenvalue weighted by Gasteiger charge is -2.16. The van der Waals surface area contributed by atoms with E-state index < -0.39 is 5.97 Å². The number of aromatic nitrogens is 1. The molecule has 20 heavy (non-hydrogen) atoms. The van der Waals surface area contributed by atoms with E-state index in [1.165, 1.54) is 6.20 Å². The molecule has 0 spiro atoms. The van der Waals surface area contributed by atoms with E-state index in [4.69, 9.17) is 5.11 Å². The van der Waals surface area contributed by atoms with Crippen LogP contribution in [0, 0.1) is 5.92 Å². The molecule has 0 bridgehead atoms. The Morgan fingerprint density at radius 2 is 2.35 bits per heavy atom. The Bertz CT molecular complexity index is 513. The van der Waals surface area contributed by atoms with E-state index in [9.17, 15) is 9.59 Å². The van der Waals surface area contributed by atoms with Gasteiger partial charge < -0.3 is 15.3 Å². The van der Waals surface area contributed by atoms with Crippen LogP contribution >= 0.6 is 0 Å². The molecule has 1 unspecified atom stereocenters. The van der Waals surface area contributed by atoms with Crippen LogP contribution in [0.4, 0.5) is 5.82 Å². The number of aliphatic carboxylic acids is 1. The SMILES string of the molecule is C=CCNC(=O)c1ccc(N2CCC(C(=O)O)C2)nc1. The average Bonchev–Trinajstić information content (AvgIpc) is 2.95. The van der Waals surface area contributed by atoms with Crippen molar-refractivity contribution in [3.63, 3.8) is 0 Å². The van der Waals surface area contributed by atoms with Crippen molar-refractivity contribution in [1.29, 1.82) is 0 Å². The van der Waals surface area contributed by atoms with Crippen molar-refractivity contribution in [1.82, 2.24) is 10.3 Å². The molecule has 0 radical (unpaired) electrons. The third-order valence-corrected chi connectivity index (χ3v) is 3.28. The quantitative estimate of drug-likeness (QED) is 0.780. The molecule has 1 amide bonds. The van der Waals surface area contributed by atoms with Crippen molar-refractivity contribution in [3.8, 4) is 0 Å². The number of carbonyl (C=O) groups excluding carboxylic acids is 1. The van der Waals surface area contributed by atoms with Gasteiger partial charge in [-0.25, -0.2) is 4.98 Å². The first-order valence-corrected chi connectivity index (χ1v) is 6.44. The normalized spacial score (nSPS) is 17.8. The highest BCUT2D eigenvalue weighted by Crippen LogP contribution is 2.22. The summed E-state index contributed by atoms with van der Waals surface area (Å²) in [6, 6.07) is 3.43. The minimum absolute atomic E-state index is 0.200. The number of pyridine rings is 1. The largest absolute Gasteiger partial charge is 0.481 e. The van der Waals surface area contributed by atoms with Gasteiger partial charge in [-0.15, -0.1) is 6.58 Å². The smallest absolute Gasteiger partial charge is 0.308 e. The van der Waals surface area contributed by atoms with Crippen molar-refractivity contribution in [2.45, 2.75) is 6.42 Å². The lowest BCUT2D eigenvalue weighted by molar-refractivity contribution is -0.140. The molecule has 0 aromatic carbocycles. The van der Waals surface area contributed by atoms with Crippen molar-refractivity contribution in [2.24, 2.45) is 5.92 Å². The van der Waals surface area contributed by atoms with Gasteiger partial charge in [0.25, 0.3) is 5.91 Å². The summed E-state index contributed by atoms with van der Waals surface area (Å²) < 4.78 is 0. The van der Waals surface area contributed by atoms with E-state index in [0.717, 1.165) is 0 Å². The summed E-state index contributed by atoms with van der Waals surface area (Å²) in [7, 11) is 0. The summed E-state index contributed by atoms with van der Waals surface area (Å²) in [6.45, 7) is 5.07. The van der Waals surface area contributed by atoms with Gasteiger partial charge in [0.15, 0.2) is 0 Å². The Morgan fingerprint density at radius 1 is 1.55 bits per heavy atom. The third-order valence-electron chi connectivity index (χ3n) is 3.28. The topological polar surface area (TPSA) is 82.5 Å². The van der Waals surface area contributed by atoms with Gasteiger partial charge in [0.05, 0.1) is 11.5 Å². The number of anilines is 1. The average molecular weight is 275 g/mol. The summed E-state index contributed by atoms with van der Waals surface area (Å²) >= 11 is 0. The van der Waals surface area contributed by atoms with Crippen LogP contribution in [0.15, 0.2) is 31.0 Å². The fourth-order valence-corrected chi connectivity index (χ4v) is 2.14. The number of rotatable bonds is 5. The second-order valence-corrected chi connectivity index (χ2v) is 4.67. The first kappa shape index (κ1) is 14.0. The molecule has 1 fully saturated rings. The predicted molar refractivity (Wildman–Crippen MR) is 74.7 cm³/mol. The zero-order valence-electron chi connectivity index (χ0n) is 11.1. The number of nitrogens with one attached hydrogen (secondary N) is 1. The van der Waals surface area contributed by atoms with Gasteiger partial charge in [-0.1, -0.05) is 6.08 Å². The van der Waals surface area contributed by atoms with Gasteiger partial charge in [-0.3, -0.25) is 9.59 Å². The van der Waals surface area contributed by atoms with Crippen LogP contribution in [0.1, 0.15) is 16.8 Å². The molecule has 2 heterocycles. The summed E-state index contributed by atoms with van der Waals surface area (Å²) in [5, 5.41) is 11.6. The van der Waals surface area contributed by atoms with Crippen LogP contribution < -0.4 is 10.2 Å². The molecule has 6 nitrogen and oxygen atoms in total. The van der Waals surface area contributed by atoms with E-state index in [1.54, 1.807) is 18.2 Å². The van der Waals surface area contributed by atoms with Crippen molar-refractivity contribution < 1.29 is 14.7 Å². The van der Waals surface area contributed by atoms with Crippen LogP contribution in [0.3, 0.4) is 0 Å². The second-order valence-electron chi connectivity index (χ2n) is 4.67. The van der Waals surface area contributed by atoms with Crippen LogP contribution in [-0.4, -0.2) is 41.6 Å². The van der Waals surface area contributed by atoms with Crippen molar-refractivity contribution in [3.05, 3.63) is 36.5 Å². The molecule has 2 N–H and O–H groups in total. The maximum atomic E-state index is 11.7. The molecule has 106 valence electrons. The van der Waals surface area contributed by atoms with E-state index in [2.05, 4.69) is 16.9 Å². The van der Waals surface area contributed by atoms with Crippen LogP contribution in [-0.2, 0) is 4.79 Å². The maximum absolute atomic E-state index is 11.7. The standard InChI is InChI=1S/C14H17N3O3/c1-2-6-15-13(18)10-3-4-12(16-8-10)17-7-5-11(9-17)14(19)20/h2-4,8,11H,1,5-7,9H2,(H,15,18)(H,19,20). The molecule has 1 aromatic rings. The lowest BCUT2D eigenvalue weighted by Crippen LogP contribution is -2.25. The monoisotopic (exact) mass is 275 g/mol. The van der Waals surface area contributed by atoms with Gasteiger partial charge in [0.1, 0.15) is 5.82 Å². The Balaban J connectivity index is 2.00. The number of hydrogen-bond donors (Lipinski definition) is 2. The van der Waals surface area contributed by atoms with Crippen molar-refractivity contribution >= 4 is 17.7 Å². The summed E-state index contributed by atoms with van der Waals surface area (Å²) in [4.78, 5) is 28.8. The fourth-order valence-electron chi connectivity index (χ4n) is 2.14. The van der Waals surface area contributed by atoms with Gasteiger partial charge >= 0.3 is 5.97 Å². The Kier molecular flexibility index (Phi) is 4.34. The first-order chi connectivity index (χ1) is 9.61. The number of amides is 1.